The van der Waals surface area contributed by atoms with Crippen molar-refractivity contribution in [1.82, 2.24) is 24.9 Å². The van der Waals surface area contributed by atoms with E-state index < -0.39 is 0 Å². The molecule has 2 rings (SSSR count). The molecule has 2 aromatic rings. The van der Waals surface area contributed by atoms with Crippen LogP contribution in [0.5, 0.6) is 0 Å². The van der Waals surface area contributed by atoms with Crippen LogP contribution in [-0.2, 0) is 13.0 Å². The Bertz CT molecular complexity index is 464. The van der Waals surface area contributed by atoms with Crippen molar-refractivity contribution in [3.8, 4) is 0 Å². The van der Waals surface area contributed by atoms with Gasteiger partial charge in [0.1, 0.15) is 4.88 Å². The third-order valence-electron chi connectivity index (χ3n) is 2.09. The average Bonchev–Trinajstić information content (AvgIpc) is 2.96. The molecule has 2 heterocycles. The Morgan fingerprint density at radius 2 is 2.50 bits per heavy atom. The van der Waals surface area contributed by atoms with Crippen LogP contribution in [0.3, 0.4) is 0 Å². The van der Waals surface area contributed by atoms with Crippen LogP contribution in [0.1, 0.15) is 28.0 Å². The lowest BCUT2D eigenvalue weighted by Gasteiger charge is -2.01. The minimum atomic E-state index is -0.138. The van der Waals surface area contributed by atoms with Crippen LogP contribution in [-0.4, -0.2) is 25.5 Å². The molecule has 7 heteroatoms. The van der Waals surface area contributed by atoms with Crippen molar-refractivity contribution in [2.45, 2.75) is 19.9 Å². The van der Waals surface area contributed by atoms with E-state index in [1.807, 2.05) is 6.92 Å². The molecule has 0 unspecified atom stereocenters. The van der Waals surface area contributed by atoms with Gasteiger partial charge in [-0.2, -0.15) is 0 Å². The lowest BCUT2D eigenvalue weighted by atomic mass is 10.3. The van der Waals surface area contributed by atoms with Gasteiger partial charge < -0.3 is 10.3 Å². The quantitative estimate of drug-likeness (QED) is 0.822. The molecule has 0 bridgehead atoms. The fraction of sp³-hybridized carbons (Fsp3) is 0.333. The lowest BCUT2D eigenvalue weighted by Crippen LogP contribution is -2.23. The summed E-state index contributed by atoms with van der Waals surface area (Å²) in [6.07, 6.45) is 3.96. The minimum absolute atomic E-state index is 0.138. The SMILES string of the molecule is CCc1nnsc1C(=O)NCc1cnc[nH]1. The molecule has 0 saturated heterocycles. The zero-order valence-electron chi connectivity index (χ0n) is 8.73. The van der Waals surface area contributed by atoms with Gasteiger partial charge in [-0.15, -0.1) is 5.10 Å². The number of H-pyrrole nitrogens is 1. The van der Waals surface area contributed by atoms with Crippen LogP contribution in [0.25, 0.3) is 0 Å². The van der Waals surface area contributed by atoms with Crippen LogP contribution in [0.2, 0.25) is 0 Å². The van der Waals surface area contributed by atoms with Crippen LogP contribution in [0.4, 0.5) is 0 Å². The Labute approximate surface area is 96.3 Å². The number of carbonyl (C=O) groups excluding carboxylic acids is 1. The highest BCUT2D eigenvalue weighted by Crippen LogP contribution is 2.10. The van der Waals surface area contributed by atoms with Crippen LogP contribution in [0, 0.1) is 0 Å². The minimum Gasteiger partial charge on any atom is -0.347 e. The Morgan fingerprint density at radius 1 is 1.62 bits per heavy atom. The molecule has 1 amide bonds. The molecule has 0 saturated carbocycles. The van der Waals surface area contributed by atoms with Gasteiger partial charge in [0.2, 0.25) is 0 Å². The molecule has 0 fully saturated rings. The van der Waals surface area contributed by atoms with Crippen LogP contribution < -0.4 is 5.32 Å². The molecule has 0 aliphatic rings. The summed E-state index contributed by atoms with van der Waals surface area (Å²) < 4.78 is 3.77. The van der Waals surface area contributed by atoms with Crippen molar-refractivity contribution >= 4 is 17.4 Å². The van der Waals surface area contributed by atoms with Crippen molar-refractivity contribution in [1.29, 1.82) is 0 Å². The van der Waals surface area contributed by atoms with E-state index in [1.165, 1.54) is 0 Å². The molecular weight excluding hydrogens is 226 g/mol. The van der Waals surface area contributed by atoms with E-state index in [0.717, 1.165) is 22.9 Å². The molecule has 0 atom stereocenters. The monoisotopic (exact) mass is 237 g/mol. The normalized spacial score (nSPS) is 10.3. The van der Waals surface area contributed by atoms with Gasteiger partial charge in [-0.1, -0.05) is 11.4 Å². The van der Waals surface area contributed by atoms with Gasteiger partial charge in [0, 0.05) is 6.20 Å². The topological polar surface area (TPSA) is 83.6 Å². The average molecular weight is 237 g/mol. The highest BCUT2D eigenvalue weighted by Gasteiger charge is 2.14. The Hall–Kier alpha value is -1.76. The van der Waals surface area contributed by atoms with E-state index in [-0.39, 0.29) is 5.91 Å². The number of imidazole rings is 1. The summed E-state index contributed by atoms with van der Waals surface area (Å²) in [5.41, 5.74) is 1.61. The van der Waals surface area contributed by atoms with Crippen molar-refractivity contribution < 1.29 is 4.79 Å². The molecule has 0 aliphatic heterocycles. The first kappa shape index (κ1) is 10.7. The Morgan fingerprint density at radius 3 is 3.19 bits per heavy atom. The van der Waals surface area contributed by atoms with Crippen LogP contribution >= 0.6 is 11.5 Å². The van der Waals surface area contributed by atoms with Gasteiger partial charge in [-0.3, -0.25) is 4.79 Å². The molecule has 0 aromatic carbocycles. The summed E-state index contributed by atoms with van der Waals surface area (Å²) in [6, 6.07) is 0. The van der Waals surface area contributed by atoms with E-state index in [1.54, 1.807) is 12.5 Å². The fourth-order valence-corrected chi connectivity index (χ4v) is 1.92. The van der Waals surface area contributed by atoms with Gasteiger partial charge in [0.25, 0.3) is 5.91 Å². The number of hydrogen-bond acceptors (Lipinski definition) is 5. The predicted molar refractivity (Wildman–Crippen MR) is 59.0 cm³/mol. The summed E-state index contributed by atoms with van der Waals surface area (Å²) in [5.74, 6) is -0.138. The van der Waals surface area contributed by atoms with Crippen molar-refractivity contribution in [2.24, 2.45) is 0 Å². The third-order valence-corrected chi connectivity index (χ3v) is 2.86. The molecule has 6 nitrogen and oxygen atoms in total. The first-order valence-corrected chi connectivity index (χ1v) is 5.65. The van der Waals surface area contributed by atoms with Crippen molar-refractivity contribution in [3.05, 3.63) is 28.8 Å². The summed E-state index contributed by atoms with van der Waals surface area (Å²) in [7, 11) is 0. The number of carbonyl (C=O) groups is 1. The van der Waals surface area contributed by atoms with E-state index in [9.17, 15) is 4.79 Å². The number of hydrogen-bond donors (Lipinski definition) is 2. The van der Waals surface area contributed by atoms with Gasteiger partial charge in [-0.05, 0) is 18.0 Å². The second-order valence-corrected chi connectivity index (χ2v) is 3.92. The summed E-state index contributed by atoms with van der Waals surface area (Å²) in [5, 5.41) is 6.67. The Kier molecular flexibility index (Phi) is 3.25. The summed E-state index contributed by atoms with van der Waals surface area (Å²) in [4.78, 5) is 19.1. The zero-order chi connectivity index (χ0) is 11.4. The number of aromatic nitrogens is 4. The lowest BCUT2D eigenvalue weighted by molar-refractivity contribution is 0.0953. The second-order valence-electron chi connectivity index (χ2n) is 3.16. The van der Waals surface area contributed by atoms with Crippen molar-refractivity contribution in [3.63, 3.8) is 0 Å². The molecule has 0 spiro atoms. The molecule has 0 radical (unpaired) electrons. The van der Waals surface area contributed by atoms with E-state index in [2.05, 4.69) is 24.9 Å². The summed E-state index contributed by atoms with van der Waals surface area (Å²) >= 11 is 1.12. The first-order valence-electron chi connectivity index (χ1n) is 4.88. The largest absolute Gasteiger partial charge is 0.347 e. The first-order chi connectivity index (χ1) is 7.81. The second kappa shape index (κ2) is 4.84. The number of nitrogens with one attached hydrogen (secondary N) is 2. The maximum absolute atomic E-state index is 11.8. The summed E-state index contributed by atoms with van der Waals surface area (Å²) in [6.45, 7) is 2.38. The van der Waals surface area contributed by atoms with E-state index in [4.69, 9.17) is 0 Å². The fourth-order valence-electron chi connectivity index (χ4n) is 1.25. The highest BCUT2D eigenvalue weighted by molar-refractivity contribution is 7.08. The molecule has 16 heavy (non-hydrogen) atoms. The van der Waals surface area contributed by atoms with E-state index in [0.29, 0.717) is 17.8 Å². The molecule has 2 aromatic heterocycles. The van der Waals surface area contributed by atoms with Gasteiger partial charge in [0.05, 0.1) is 24.3 Å². The zero-order valence-corrected chi connectivity index (χ0v) is 9.54. The van der Waals surface area contributed by atoms with E-state index >= 15 is 0 Å². The molecule has 84 valence electrons. The molecule has 0 aliphatic carbocycles. The maximum atomic E-state index is 11.8. The number of aromatic amines is 1. The number of nitrogens with zero attached hydrogens (tertiary/aromatic N) is 3. The predicted octanol–water partition coefficient (Wildman–Crippen LogP) is 0.754. The Balaban J connectivity index is 1.98. The van der Waals surface area contributed by atoms with Gasteiger partial charge in [0.15, 0.2) is 0 Å². The maximum Gasteiger partial charge on any atom is 0.265 e. The number of rotatable bonds is 4. The van der Waals surface area contributed by atoms with Gasteiger partial charge in [-0.25, -0.2) is 4.98 Å². The van der Waals surface area contributed by atoms with Crippen LogP contribution in [0.15, 0.2) is 12.5 Å². The number of aryl methyl sites for hydroxylation is 1. The highest BCUT2D eigenvalue weighted by atomic mass is 32.1. The van der Waals surface area contributed by atoms with Crippen molar-refractivity contribution in [2.75, 3.05) is 0 Å². The smallest absolute Gasteiger partial charge is 0.265 e. The molecule has 2 N–H and O–H groups in total. The van der Waals surface area contributed by atoms with Gasteiger partial charge >= 0.3 is 0 Å². The third kappa shape index (κ3) is 2.25. The standard InChI is InChI=1S/C9H11N5OS/c1-2-7-8(16-14-13-7)9(15)11-4-6-3-10-5-12-6/h3,5H,2,4H2,1H3,(H,10,12)(H,11,15). The molecular formula is C9H11N5OS. The number of amides is 1.